The van der Waals surface area contributed by atoms with Gasteiger partial charge in [-0.1, -0.05) is 0 Å². The van der Waals surface area contributed by atoms with Gasteiger partial charge in [0.1, 0.15) is 11.6 Å². The van der Waals surface area contributed by atoms with Crippen LogP contribution in [-0.4, -0.2) is 37.9 Å². The summed E-state index contributed by atoms with van der Waals surface area (Å²) in [5, 5.41) is 3.13. The van der Waals surface area contributed by atoms with E-state index in [1.807, 2.05) is 0 Å². The number of carbonyl (C=O) groups is 2. The molecule has 0 aliphatic rings. The van der Waals surface area contributed by atoms with Crippen LogP contribution in [0.4, 0.5) is 0 Å². The minimum Gasteiger partial charge on any atom is -0.380 e. The average molecular weight is 229 g/mol. The van der Waals surface area contributed by atoms with Crippen LogP contribution < -0.4 is 5.32 Å². The monoisotopic (exact) mass is 229 g/mol. The summed E-state index contributed by atoms with van der Waals surface area (Å²) in [7, 11) is 0. The molecule has 0 fully saturated rings. The van der Waals surface area contributed by atoms with E-state index in [9.17, 15) is 9.59 Å². The molecule has 0 aliphatic heterocycles. The van der Waals surface area contributed by atoms with Crippen LogP contribution in [0.3, 0.4) is 0 Å². The number of ketones is 2. The van der Waals surface area contributed by atoms with Crippen molar-refractivity contribution in [1.82, 2.24) is 5.32 Å². The molecule has 0 aromatic heterocycles. The van der Waals surface area contributed by atoms with E-state index >= 15 is 0 Å². The zero-order valence-corrected chi connectivity index (χ0v) is 10.4. The molecule has 0 radical (unpaired) electrons. The van der Waals surface area contributed by atoms with Crippen LogP contribution in [0, 0.1) is 0 Å². The van der Waals surface area contributed by atoms with Gasteiger partial charge in [-0.2, -0.15) is 0 Å². The number of nitrogens with one attached hydrogen (secondary N) is 1. The Bertz CT molecular complexity index is 182. The second-order valence-electron chi connectivity index (χ2n) is 3.97. The molecule has 4 heteroatoms. The van der Waals surface area contributed by atoms with Gasteiger partial charge in [0.15, 0.2) is 0 Å². The number of hydrogen-bond acceptors (Lipinski definition) is 4. The highest BCUT2D eigenvalue weighted by Gasteiger charge is 1.95. The molecule has 0 aliphatic carbocycles. The standard InChI is InChI=1S/C12H23NO3/c1-11(14)5-3-4-9-16-10-8-13-7-6-12(2)15/h13H,3-10H2,1-2H3. The lowest BCUT2D eigenvalue weighted by atomic mass is 10.2. The maximum Gasteiger partial charge on any atom is 0.131 e. The third kappa shape index (κ3) is 13.3. The maximum absolute atomic E-state index is 10.6. The molecule has 4 nitrogen and oxygen atoms in total. The molecule has 94 valence electrons. The fraction of sp³-hybridized carbons (Fsp3) is 0.833. The Morgan fingerprint density at radius 1 is 0.938 bits per heavy atom. The lowest BCUT2D eigenvalue weighted by Gasteiger charge is -2.05. The summed E-state index contributed by atoms with van der Waals surface area (Å²) in [5.74, 6) is 0.448. The molecule has 0 aromatic carbocycles. The predicted octanol–water partition coefficient (Wildman–Crippen LogP) is 1.33. The Morgan fingerprint density at radius 2 is 1.62 bits per heavy atom. The lowest BCUT2D eigenvalue weighted by molar-refractivity contribution is -0.117. The van der Waals surface area contributed by atoms with E-state index < -0.39 is 0 Å². The number of hydrogen-bond donors (Lipinski definition) is 1. The van der Waals surface area contributed by atoms with Crippen molar-refractivity contribution in [3.63, 3.8) is 0 Å². The van der Waals surface area contributed by atoms with Gasteiger partial charge in [-0.05, 0) is 26.7 Å². The molecule has 0 bridgehead atoms. The Kier molecular flexibility index (Phi) is 10.3. The van der Waals surface area contributed by atoms with E-state index in [4.69, 9.17) is 4.74 Å². The lowest BCUT2D eigenvalue weighted by Crippen LogP contribution is -2.22. The fourth-order valence-electron chi connectivity index (χ4n) is 1.21. The highest BCUT2D eigenvalue weighted by Crippen LogP contribution is 1.96. The highest BCUT2D eigenvalue weighted by molar-refractivity contribution is 5.75. The van der Waals surface area contributed by atoms with Crippen LogP contribution in [-0.2, 0) is 14.3 Å². The number of Topliss-reactive ketones (excluding diaryl/α,β-unsaturated/α-hetero) is 2. The third-order valence-electron chi connectivity index (χ3n) is 2.14. The summed E-state index contributed by atoms with van der Waals surface area (Å²) in [5.41, 5.74) is 0. The summed E-state index contributed by atoms with van der Waals surface area (Å²) in [4.78, 5) is 21.2. The van der Waals surface area contributed by atoms with Crippen LogP contribution in [0.25, 0.3) is 0 Å². The van der Waals surface area contributed by atoms with Crippen LogP contribution in [0.5, 0.6) is 0 Å². The van der Waals surface area contributed by atoms with Crippen molar-refractivity contribution in [3.05, 3.63) is 0 Å². The quantitative estimate of drug-likeness (QED) is 0.543. The van der Waals surface area contributed by atoms with Gasteiger partial charge in [0, 0.05) is 32.5 Å². The van der Waals surface area contributed by atoms with Crippen molar-refractivity contribution in [2.24, 2.45) is 0 Å². The van der Waals surface area contributed by atoms with E-state index in [1.54, 1.807) is 13.8 Å². The van der Waals surface area contributed by atoms with Crippen LogP contribution in [0.2, 0.25) is 0 Å². The first kappa shape index (κ1) is 15.3. The van der Waals surface area contributed by atoms with Crippen molar-refractivity contribution >= 4 is 11.6 Å². The van der Waals surface area contributed by atoms with E-state index in [1.165, 1.54) is 0 Å². The zero-order chi connectivity index (χ0) is 12.2. The SMILES string of the molecule is CC(=O)CCCCOCCNCCC(C)=O. The molecule has 0 spiro atoms. The molecule has 0 heterocycles. The first-order valence-corrected chi connectivity index (χ1v) is 5.90. The molecule has 0 amide bonds. The van der Waals surface area contributed by atoms with Gasteiger partial charge >= 0.3 is 0 Å². The summed E-state index contributed by atoms with van der Waals surface area (Å²) in [6.07, 6.45) is 3.08. The number of carbonyl (C=O) groups excluding carboxylic acids is 2. The van der Waals surface area contributed by atoms with Gasteiger partial charge in [0.25, 0.3) is 0 Å². The normalized spacial score (nSPS) is 10.4. The molecular weight excluding hydrogens is 206 g/mol. The van der Waals surface area contributed by atoms with Gasteiger partial charge in [-0.3, -0.25) is 4.79 Å². The van der Waals surface area contributed by atoms with E-state index in [0.717, 1.165) is 25.9 Å². The first-order chi connectivity index (χ1) is 7.63. The topological polar surface area (TPSA) is 55.4 Å². The van der Waals surface area contributed by atoms with E-state index in [2.05, 4.69) is 5.32 Å². The maximum atomic E-state index is 10.6. The molecule has 0 unspecified atom stereocenters. The number of ether oxygens (including phenoxy) is 1. The summed E-state index contributed by atoms with van der Waals surface area (Å²) >= 11 is 0. The average Bonchev–Trinajstić information content (AvgIpc) is 2.20. The molecule has 16 heavy (non-hydrogen) atoms. The molecule has 0 saturated heterocycles. The van der Waals surface area contributed by atoms with Crippen molar-refractivity contribution in [2.75, 3.05) is 26.3 Å². The van der Waals surface area contributed by atoms with Gasteiger partial charge in [-0.25, -0.2) is 0 Å². The van der Waals surface area contributed by atoms with Gasteiger partial charge in [-0.15, -0.1) is 0 Å². The summed E-state index contributed by atoms with van der Waals surface area (Å²) in [6, 6.07) is 0. The third-order valence-corrected chi connectivity index (χ3v) is 2.14. The van der Waals surface area contributed by atoms with Crippen molar-refractivity contribution in [3.8, 4) is 0 Å². The smallest absolute Gasteiger partial charge is 0.131 e. The first-order valence-electron chi connectivity index (χ1n) is 5.90. The Labute approximate surface area is 97.7 Å². The molecular formula is C12H23NO3. The second-order valence-corrected chi connectivity index (χ2v) is 3.97. The summed E-state index contributed by atoms with van der Waals surface area (Å²) in [6.45, 7) is 6.08. The summed E-state index contributed by atoms with van der Waals surface area (Å²) < 4.78 is 5.36. The predicted molar refractivity (Wildman–Crippen MR) is 63.5 cm³/mol. The Balaban J connectivity index is 2.98. The number of unbranched alkanes of at least 4 members (excludes halogenated alkanes) is 1. The van der Waals surface area contributed by atoms with Crippen molar-refractivity contribution in [2.45, 2.75) is 39.5 Å². The fourth-order valence-corrected chi connectivity index (χ4v) is 1.21. The molecule has 0 rings (SSSR count). The van der Waals surface area contributed by atoms with Gasteiger partial charge < -0.3 is 14.8 Å². The van der Waals surface area contributed by atoms with Crippen molar-refractivity contribution < 1.29 is 14.3 Å². The van der Waals surface area contributed by atoms with Gasteiger partial charge in [0.05, 0.1) is 6.61 Å². The van der Waals surface area contributed by atoms with Crippen LogP contribution in [0.1, 0.15) is 39.5 Å². The minimum atomic E-state index is 0.206. The van der Waals surface area contributed by atoms with E-state index in [0.29, 0.717) is 26.1 Å². The highest BCUT2D eigenvalue weighted by atomic mass is 16.5. The zero-order valence-electron chi connectivity index (χ0n) is 10.4. The minimum absolute atomic E-state index is 0.206. The Morgan fingerprint density at radius 3 is 2.25 bits per heavy atom. The molecule has 1 N–H and O–H groups in total. The van der Waals surface area contributed by atoms with Gasteiger partial charge in [0.2, 0.25) is 0 Å². The largest absolute Gasteiger partial charge is 0.380 e. The molecule has 0 atom stereocenters. The Hall–Kier alpha value is -0.740. The van der Waals surface area contributed by atoms with Crippen LogP contribution >= 0.6 is 0 Å². The van der Waals surface area contributed by atoms with Crippen molar-refractivity contribution in [1.29, 1.82) is 0 Å². The second kappa shape index (κ2) is 10.8. The van der Waals surface area contributed by atoms with Crippen LogP contribution in [0.15, 0.2) is 0 Å². The number of rotatable bonds is 11. The molecule has 0 saturated carbocycles. The van der Waals surface area contributed by atoms with E-state index in [-0.39, 0.29) is 11.6 Å². The molecule has 0 aromatic rings.